The summed E-state index contributed by atoms with van der Waals surface area (Å²) < 4.78 is 10.9. The SMILES string of the molecule is C=CCOc1ccccc1NC(=O)COc1ccc(C)cc1. The molecule has 0 aliphatic heterocycles. The van der Waals surface area contributed by atoms with Gasteiger partial charge in [-0.1, -0.05) is 42.5 Å². The van der Waals surface area contributed by atoms with Crippen molar-refractivity contribution >= 4 is 11.6 Å². The summed E-state index contributed by atoms with van der Waals surface area (Å²) in [4.78, 5) is 12.0. The van der Waals surface area contributed by atoms with Crippen LogP contribution in [0, 0.1) is 6.92 Å². The predicted octanol–water partition coefficient (Wildman–Crippen LogP) is 3.58. The fourth-order valence-electron chi connectivity index (χ4n) is 1.81. The number of anilines is 1. The van der Waals surface area contributed by atoms with Crippen molar-refractivity contribution in [2.75, 3.05) is 18.5 Å². The molecule has 0 fully saturated rings. The van der Waals surface area contributed by atoms with Gasteiger partial charge in [0.25, 0.3) is 5.91 Å². The summed E-state index contributed by atoms with van der Waals surface area (Å²) in [6.45, 7) is 5.92. The molecule has 0 atom stereocenters. The summed E-state index contributed by atoms with van der Waals surface area (Å²) in [5.41, 5.74) is 1.76. The highest BCUT2D eigenvalue weighted by Crippen LogP contribution is 2.23. The van der Waals surface area contributed by atoms with Gasteiger partial charge in [-0.3, -0.25) is 4.79 Å². The Hall–Kier alpha value is -2.75. The van der Waals surface area contributed by atoms with Gasteiger partial charge in [-0.15, -0.1) is 0 Å². The molecule has 4 heteroatoms. The lowest BCUT2D eigenvalue weighted by atomic mass is 10.2. The minimum absolute atomic E-state index is 0.0567. The van der Waals surface area contributed by atoms with Gasteiger partial charge in [0.05, 0.1) is 5.69 Å². The lowest BCUT2D eigenvalue weighted by Crippen LogP contribution is -2.20. The number of nitrogens with one attached hydrogen (secondary N) is 1. The van der Waals surface area contributed by atoms with Crippen LogP contribution in [0.4, 0.5) is 5.69 Å². The van der Waals surface area contributed by atoms with Gasteiger partial charge >= 0.3 is 0 Å². The zero-order valence-corrected chi connectivity index (χ0v) is 12.5. The summed E-state index contributed by atoms with van der Waals surface area (Å²) in [6.07, 6.45) is 1.65. The fraction of sp³-hybridized carbons (Fsp3) is 0.167. The Morgan fingerprint density at radius 1 is 1.14 bits per heavy atom. The number of ether oxygens (including phenoxy) is 2. The molecule has 0 aliphatic rings. The predicted molar refractivity (Wildman–Crippen MR) is 87.4 cm³/mol. The number of carbonyl (C=O) groups excluding carboxylic acids is 1. The zero-order valence-electron chi connectivity index (χ0n) is 12.5. The Morgan fingerprint density at radius 3 is 2.59 bits per heavy atom. The Kier molecular flexibility index (Phi) is 5.60. The third-order valence-electron chi connectivity index (χ3n) is 2.91. The minimum atomic E-state index is -0.241. The molecule has 0 aliphatic carbocycles. The van der Waals surface area contributed by atoms with Crippen LogP contribution >= 0.6 is 0 Å². The van der Waals surface area contributed by atoms with Crippen molar-refractivity contribution < 1.29 is 14.3 Å². The van der Waals surface area contributed by atoms with Crippen LogP contribution in [-0.2, 0) is 4.79 Å². The largest absolute Gasteiger partial charge is 0.487 e. The maximum Gasteiger partial charge on any atom is 0.262 e. The third-order valence-corrected chi connectivity index (χ3v) is 2.91. The van der Waals surface area contributed by atoms with E-state index in [0.717, 1.165) is 5.56 Å². The quantitative estimate of drug-likeness (QED) is 0.795. The lowest BCUT2D eigenvalue weighted by molar-refractivity contribution is -0.118. The molecule has 0 spiro atoms. The van der Waals surface area contributed by atoms with Gasteiger partial charge in [-0.05, 0) is 31.2 Å². The van der Waals surface area contributed by atoms with Crippen LogP contribution in [0.15, 0.2) is 61.2 Å². The molecule has 4 nitrogen and oxygen atoms in total. The highest BCUT2D eigenvalue weighted by atomic mass is 16.5. The normalized spacial score (nSPS) is 9.86. The van der Waals surface area contributed by atoms with Crippen LogP contribution in [0.2, 0.25) is 0 Å². The second kappa shape index (κ2) is 7.88. The number of hydrogen-bond acceptors (Lipinski definition) is 3. The molecule has 0 saturated heterocycles. The van der Waals surface area contributed by atoms with E-state index in [2.05, 4.69) is 11.9 Å². The number of amides is 1. The molecular formula is C18H19NO3. The average Bonchev–Trinajstić information content (AvgIpc) is 2.53. The van der Waals surface area contributed by atoms with Crippen LogP contribution in [0.1, 0.15) is 5.56 Å². The second-order valence-electron chi connectivity index (χ2n) is 4.75. The van der Waals surface area contributed by atoms with Crippen LogP contribution in [0.3, 0.4) is 0 Å². The number of benzene rings is 2. The van der Waals surface area contributed by atoms with Gasteiger partial charge in [-0.2, -0.15) is 0 Å². The molecule has 2 aromatic carbocycles. The van der Waals surface area contributed by atoms with Gasteiger partial charge in [-0.25, -0.2) is 0 Å². The van der Waals surface area contributed by atoms with Gasteiger partial charge < -0.3 is 14.8 Å². The van der Waals surface area contributed by atoms with Crippen molar-refractivity contribution in [3.63, 3.8) is 0 Å². The van der Waals surface area contributed by atoms with E-state index in [1.54, 1.807) is 18.2 Å². The van der Waals surface area contributed by atoms with E-state index in [-0.39, 0.29) is 12.5 Å². The van der Waals surface area contributed by atoms with Crippen LogP contribution in [0.25, 0.3) is 0 Å². The number of hydrogen-bond donors (Lipinski definition) is 1. The molecule has 0 aromatic heterocycles. The van der Waals surface area contributed by atoms with Gasteiger partial charge in [0.2, 0.25) is 0 Å². The van der Waals surface area contributed by atoms with E-state index >= 15 is 0 Å². The molecule has 22 heavy (non-hydrogen) atoms. The highest BCUT2D eigenvalue weighted by Gasteiger charge is 2.08. The van der Waals surface area contributed by atoms with Gasteiger partial charge in [0, 0.05) is 0 Å². The first-order valence-corrected chi connectivity index (χ1v) is 7.01. The summed E-state index contributed by atoms with van der Waals surface area (Å²) in [6, 6.07) is 14.8. The number of rotatable bonds is 7. The van der Waals surface area contributed by atoms with Crippen LogP contribution in [0.5, 0.6) is 11.5 Å². The highest BCUT2D eigenvalue weighted by molar-refractivity contribution is 5.93. The summed E-state index contributed by atoms with van der Waals surface area (Å²) in [5.74, 6) is 1.03. The van der Waals surface area contributed by atoms with Crippen molar-refractivity contribution in [1.82, 2.24) is 0 Å². The molecule has 0 heterocycles. The topological polar surface area (TPSA) is 47.6 Å². The molecule has 2 aromatic rings. The molecule has 114 valence electrons. The second-order valence-corrected chi connectivity index (χ2v) is 4.75. The maximum absolute atomic E-state index is 12.0. The molecule has 0 radical (unpaired) electrons. The number of carbonyl (C=O) groups is 1. The van der Waals surface area contributed by atoms with Gasteiger partial charge in [0.1, 0.15) is 18.1 Å². The van der Waals surface area contributed by atoms with Crippen molar-refractivity contribution in [3.05, 3.63) is 66.7 Å². The van der Waals surface area contributed by atoms with E-state index in [9.17, 15) is 4.79 Å². The smallest absolute Gasteiger partial charge is 0.262 e. The third kappa shape index (κ3) is 4.66. The van der Waals surface area contributed by atoms with E-state index in [0.29, 0.717) is 23.8 Å². The molecule has 2 rings (SSSR count). The Morgan fingerprint density at radius 2 is 1.86 bits per heavy atom. The Balaban J connectivity index is 1.91. The van der Waals surface area contributed by atoms with Crippen LogP contribution < -0.4 is 14.8 Å². The standard InChI is InChI=1S/C18H19NO3/c1-3-12-21-17-7-5-4-6-16(17)19-18(20)13-22-15-10-8-14(2)9-11-15/h3-11H,1,12-13H2,2H3,(H,19,20). The summed E-state index contributed by atoms with van der Waals surface area (Å²) >= 11 is 0. The van der Waals surface area contributed by atoms with E-state index in [1.165, 1.54) is 0 Å². The van der Waals surface area contributed by atoms with Gasteiger partial charge in [0.15, 0.2) is 6.61 Å². The fourth-order valence-corrected chi connectivity index (χ4v) is 1.81. The first-order chi connectivity index (χ1) is 10.7. The first kappa shape index (κ1) is 15.6. The lowest BCUT2D eigenvalue weighted by Gasteiger charge is -2.12. The van der Waals surface area contributed by atoms with Crippen LogP contribution in [-0.4, -0.2) is 19.1 Å². The minimum Gasteiger partial charge on any atom is -0.487 e. The molecule has 0 unspecified atom stereocenters. The molecule has 1 N–H and O–H groups in total. The average molecular weight is 297 g/mol. The van der Waals surface area contributed by atoms with Crippen molar-refractivity contribution in [1.29, 1.82) is 0 Å². The molecular weight excluding hydrogens is 278 g/mol. The van der Waals surface area contributed by atoms with E-state index in [1.807, 2.05) is 43.3 Å². The molecule has 1 amide bonds. The monoisotopic (exact) mass is 297 g/mol. The summed E-state index contributed by atoms with van der Waals surface area (Å²) in [7, 11) is 0. The van der Waals surface area contributed by atoms with Crippen molar-refractivity contribution in [3.8, 4) is 11.5 Å². The Labute approximate surface area is 130 Å². The first-order valence-electron chi connectivity index (χ1n) is 7.01. The maximum atomic E-state index is 12.0. The van der Waals surface area contributed by atoms with E-state index < -0.39 is 0 Å². The summed E-state index contributed by atoms with van der Waals surface area (Å²) in [5, 5.41) is 2.78. The van der Waals surface area contributed by atoms with E-state index in [4.69, 9.17) is 9.47 Å². The van der Waals surface area contributed by atoms with Crippen molar-refractivity contribution in [2.24, 2.45) is 0 Å². The molecule has 0 bridgehead atoms. The molecule has 0 saturated carbocycles. The number of aryl methyl sites for hydroxylation is 1. The number of para-hydroxylation sites is 2. The Bertz CT molecular complexity index is 635. The zero-order chi connectivity index (χ0) is 15.8. The van der Waals surface area contributed by atoms with Crippen molar-refractivity contribution in [2.45, 2.75) is 6.92 Å².